The summed E-state index contributed by atoms with van der Waals surface area (Å²) in [6, 6.07) is 16.5. The molecule has 0 radical (unpaired) electrons. The fourth-order valence-electron chi connectivity index (χ4n) is 4.25. The van der Waals surface area contributed by atoms with Gasteiger partial charge in [-0.05, 0) is 62.7 Å². The fourth-order valence-corrected chi connectivity index (χ4v) is 4.25. The minimum atomic E-state index is -0.0413. The first-order valence-electron chi connectivity index (χ1n) is 11.4. The number of hydrogen-bond acceptors (Lipinski definition) is 4. The van der Waals surface area contributed by atoms with Gasteiger partial charge < -0.3 is 20.1 Å². The summed E-state index contributed by atoms with van der Waals surface area (Å²) in [7, 11) is 0. The Kier molecular flexibility index (Phi) is 5.50. The van der Waals surface area contributed by atoms with Crippen LogP contribution in [0, 0.1) is 6.92 Å². The van der Waals surface area contributed by atoms with E-state index in [1.807, 2.05) is 47.0 Å². The summed E-state index contributed by atoms with van der Waals surface area (Å²) in [5.74, 6) is 0.848. The summed E-state index contributed by atoms with van der Waals surface area (Å²) in [5, 5.41) is 7.40. The van der Waals surface area contributed by atoms with Crippen molar-refractivity contribution in [3.8, 4) is 11.4 Å². The van der Waals surface area contributed by atoms with E-state index in [0.717, 1.165) is 52.6 Å². The molecule has 2 amide bonds. The van der Waals surface area contributed by atoms with E-state index >= 15 is 0 Å². The maximum atomic E-state index is 12.6. The molecule has 0 atom stereocenters. The Morgan fingerprint density at radius 2 is 1.82 bits per heavy atom. The third-order valence-electron chi connectivity index (χ3n) is 6.07. The van der Waals surface area contributed by atoms with Gasteiger partial charge in [-0.25, -0.2) is 14.5 Å². The molecule has 2 N–H and O–H groups in total. The lowest BCUT2D eigenvalue weighted by atomic mass is 10.1. The molecule has 1 aliphatic rings. The molecule has 3 heterocycles. The monoisotopic (exact) mass is 443 g/mol. The number of benzene rings is 2. The fraction of sp³-hybridized carbons (Fsp3) is 0.320. The second-order valence-corrected chi connectivity index (χ2v) is 8.83. The zero-order chi connectivity index (χ0) is 22.9. The van der Waals surface area contributed by atoms with Crippen LogP contribution in [0.5, 0.6) is 0 Å². The number of H-pyrrole nitrogens is 1. The number of carbonyl (C=O) groups is 1. The number of urea groups is 1. The number of hydrogen-bond donors (Lipinski definition) is 2. The molecule has 33 heavy (non-hydrogen) atoms. The lowest BCUT2D eigenvalue weighted by Gasteiger charge is -2.36. The standard InChI is InChI=1S/C25H29N7O/c1-17(2)32-24-22(16-26-32)28-23(29-24)19-7-9-21(10-8-19)30-11-13-31(14-12-30)25(33)27-20-6-4-5-18(3)15-20/h4-10,15-17H,11-14H2,1-3H3,(H,27,33)(H,28,29). The van der Waals surface area contributed by atoms with Crippen molar-refractivity contribution < 1.29 is 4.79 Å². The highest BCUT2D eigenvalue weighted by Crippen LogP contribution is 2.25. The van der Waals surface area contributed by atoms with Crippen molar-refractivity contribution in [1.29, 1.82) is 0 Å². The number of fused-ring (bicyclic) bond motifs is 1. The van der Waals surface area contributed by atoms with E-state index in [1.54, 1.807) is 0 Å². The van der Waals surface area contributed by atoms with Gasteiger partial charge in [-0.2, -0.15) is 5.10 Å². The maximum Gasteiger partial charge on any atom is 0.321 e. The van der Waals surface area contributed by atoms with Gasteiger partial charge in [0.1, 0.15) is 11.3 Å². The van der Waals surface area contributed by atoms with Crippen molar-refractivity contribution in [3.05, 3.63) is 60.3 Å². The van der Waals surface area contributed by atoms with Crippen LogP contribution in [0.25, 0.3) is 22.6 Å². The van der Waals surface area contributed by atoms with E-state index in [2.05, 4.69) is 58.4 Å². The van der Waals surface area contributed by atoms with Gasteiger partial charge in [0.2, 0.25) is 0 Å². The summed E-state index contributed by atoms with van der Waals surface area (Å²) in [5.41, 5.74) is 5.99. The summed E-state index contributed by atoms with van der Waals surface area (Å²) < 4.78 is 1.93. The van der Waals surface area contributed by atoms with Crippen molar-refractivity contribution in [2.45, 2.75) is 26.8 Å². The number of amides is 2. The lowest BCUT2D eigenvalue weighted by molar-refractivity contribution is 0.208. The van der Waals surface area contributed by atoms with E-state index in [1.165, 1.54) is 0 Å². The van der Waals surface area contributed by atoms with Crippen LogP contribution in [-0.2, 0) is 0 Å². The molecule has 0 unspecified atom stereocenters. The first-order valence-corrected chi connectivity index (χ1v) is 11.4. The summed E-state index contributed by atoms with van der Waals surface area (Å²) in [4.78, 5) is 24.9. The molecule has 1 aliphatic heterocycles. The number of nitrogens with zero attached hydrogens (tertiary/aromatic N) is 5. The molecule has 4 aromatic rings. The van der Waals surface area contributed by atoms with Crippen LogP contribution in [0.3, 0.4) is 0 Å². The summed E-state index contributed by atoms with van der Waals surface area (Å²) in [6.45, 7) is 9.20. The smallest absolute Gasteiger partial charge is 0.321 e. The molecule has 0 aliphatic carbocycles. The number of carbonyl (C=O) groups excluding carboxylic acids is 1. The molecule has 8 nitrogen and oxygen atoms in total. The van der Waals surface area contributed by atoms with Crippen molar-refractivity contribution in [3.63, 3.8) is 0 Å². The third-order valence-corrected chi connectivity index (χ3v) is 6.07. The second-order valence-electron chi connectivity index (χ2n) is 8.83. The largest absolute Gasteiger partial charge is 0.368 e. The Hall–Kier alpha value is -3.81. The van der Waals surface area contributed by atoms with Gasteiger partial charge in [0.05, 0.1) is 6.20 Å². The molecule has 0 spiro atoms. The molecule has 2 aromatic carbocycles. The molecule has 1 saturated heterocycles. The number of aromatic nitrogens is 4. The molecule has 2 aromatic heterocycles. The molecule has 0 bridgehead atoms. The number of nitrogens with one attached hydrogen (secondary N) is 2. The zero-order valence-electron chi connectivity index (χ0n) is 19.2. The average molecular weight is 444 g/mol. The van der Waals surface area contributed by atoms with Crippen molar-refractivity contribution in [2.24, 2.45) is 0 Å². The quantitative estimate of drug-likeness (QED) is 0.480. The molecular formula is C25H29N7O. The van der Waals surface area contributed by atoms with Crippen LogP contribution in [0.2, 0.25) is 0 Å². The van der Waals surface area contributed by atoms with E-state index in [9.17, 15) is 4.79 Å². The van der Waals surface area contributed by atoms with Crippen LogP contribution in [0.4, 0.5) is 16.2 Å². The third kappa shape index (κ3) is 4.28. The Bertz CT molecular complexity index is 1260. The van der Waals surface area contributed by atoms with E-state index in [4.69, 9.17) is 4.98 Å². The topological polar surface area (TPSA) is 82.1 Å². The van der Waals surface area contributed by atoms with Gasteiger partial charge in [-0.1, -0.05) is 12.1 Å². The van der Waals surface area contributed by atoms with E-state index in [-0.39, 0.29) is 12.1 Å². The zero-order valence-corrected chi connectivity index (χ0v) is 19.2. The van der Waals surface area contributed by atoms with Crippen molar-refractivity contribution >= 4 is 28.6 Å². The molecule has 5 rings (SSSR count). The van der Waals surface area contributed by atoms with Crippen molar-refractivity contribution in [2.75, 3.05) is 36.4 Å². The summed E-state index contributed by atoms with van der Waals surface area (Å²) in [6.07, 6.45) is 1.83. The number of piperazine rings is 1. The van der Waals surface area contributed by atoms with Crippen LogP contribution in [0.15, 0.2) is 54.7 Å². The van der Waals surface area contributed by atoms with Gasteiger partial charge >= 0.3 is 6.03 Å². The minimum absolute atomic E-state index is 0.0413. The van der Waals surface area contributed by atoms with Crippen LogP contribution in [0.1, 0.15) is 25.5 Å². The van der Waals surface area contributed by atoms with Gasteiger partial charge in [-0.15, -0.1) is 0 Å². The van der Waals surface area contributed by atoms with Gasteiger partial charge in [0.25, 0.3) is 0 Å². The molecule has 170 valence electrons. The first-order chi connectivity index (χ1) is 16.0. The predicted molar refractivity (Wildman–Crippen MR) is 132 cm³/mol. The van der Waals surface area contributed by atoms with Gasteiger partial charge in [0, 0.05) is 49.2 Å². The summed E-state index contributed by atoms with van der Waals surface area (Å²) >= 11 is 0. The normalized spacial score (nSPS) is 14.3. The highest BCUT2D eigenvalue weighted by Gasteiger charge is 2.21. The Morgan fingerprint density at radius 1 is 1.06 bits per heavy atom. The molecular weight excluding hydrogens is 414 g/mol. The SMILES string of the molecule is Cc1cccc(NC(=O)N2CCN(c3ccc(-c4nc5c(cnn5C(C)C)[nH]4)cc3)CC2)c1. The Labute approximate surface area is 193 Å². The molecule has 1 fully saturated rings. The van der Waals surface area contributed by atoms with Crippen LogP contribution >= 0.6 is 0 Å². The number of anilines is 2. The first kappa shape index (κ1) is 21.1. The second kappa shape index (κ2) is 8.61. The highest BCUT2D eigenvalue weighted by atomic mass is 16.2. The number of rotatable bonds is 4. The number of imidazole rings is 1. The number of aryl methyl sites for hydroxylation is 1. The van der Waals surface area contributed by atoms with Crippen LogP contribution < -0.4 is 10.2 Å². The van der Waals surface area contributed by atoms with Gasteiger partial charge in [0.15, 0.2) is 5.65 Å². The maximum absolute atomic E-state index is 12.6. The van der Waals surface area contributed by atoms with Crippen molar-refractivity contribution in [1.82, 2.24) is 24.6 Å². The van der Waals surface area contributed by atoms with E-state index in [0.29, 0.717) is 13.1 Å². The average Bonchev–Trinajstić information content (AvgIpc) is 3.40. The Morgan fingerprint density at radius 3 is 2.52 bits per heavy atom. The molecule has 0 saturated carbocycles. The molecule has 8 heteroatoms. The Balaban J connectivity index is 1.21. The number of aromatic amines is 1. The highest BCUT2D eigenvalue weighted by molar-refractivity contribution is 5.89. The van der Waals surface area contributed by atoms with Crippen LogP contribution in [-0.4, -0.2) is 56.9 Å². The van der Waals surface area contributed by atoms with E-state index < -0.39 is 0 Å². The van der Waals surface area contributed by atoms with Gasteiger partial charge in [-0.3, -0.25) is 0 Å². The minimum Gasteiger partial charge on any atom is -0.368 e. The predicted octanol–water partition coefficient (Wildman–Crippen LogP) is 4.67. The lowest BCUT2D eigenvalue weighted by Crippen LogP contribution is -2.50.